The monoisotopic (exact) mass is 1460 g/mol. The van der Waals surface area contributed by atoms with Crippen LogP contribution in [-0.2, 0) is 91.3 Å². The molecular formula is C77H98ClN15O12. The van der Waals surface area contributed by atoms with Crippen molar-refractivity contribution in [1.82, 2.24) is 52.3 Å². The Balaban J connectivity index is 1.05. The molecule has 8 rings (SSSR count). The summed E-state index contributed by atoms with van der Waals surface area (Å²) in [6, 6.07) is 31.7. The lowest BCUT2D eigenvalue weighted by Gasteiger charge is -2.31. The number of nitrogens with two attached hydrogens (primary N) is 4. The predicted octanol–water partition coefficient (Wildman–Crippen LogP) is 1.63. The van der Waals surface area contributed by atoms with Gasteiger partial charge < -0.3 is 80.2 Å². The standard InChI is InChI=1S/C77H98ClN15O12/c1-47(2)39-60(69(97)85-59(23-13-33-83-77(81)82)76(104)93-34-14-24-66(93)75(103)84-48(3)67(80)95)87-71(99)62(40-49-15-6-4-7-16-49)88-72(100)64(42-51-25-27-53(28-26-51)45-92-35-37-105-38-36-92)90-74(102)65(46-94)91-73(101)63(41-50-17-8-5-9-18-50)89-70(98)61(43-52-29-31-56(78)32-30-52)86-68(96)58(79)44-55-21-12-20-54-19-10-11-22-57(54)55/h4-12,15-22,25-32,47-48,58-66,94H,13-14,23-24,33-46,79H2,1-3H3,(H2,80,95)(H,84,103)(H,85,97)(H,86,96)(H,87,99)(H,88,100)(H,89,98)(H,90,102)(H,91,101)(H4,81,82,83)/t48-,58-,59+,60+,61-,62-,63-,64+,65+,66+/m1/s1. The second kappa shape index (κ2) is 40.1. The van der Waals surface area contributed by atoms with Crippen LogP contribution in [0, 0.1) is 5.92 Å². The van der Waals surface area contributed by atoms with Crippen LogP contribution in [0.4, 0.5) is 0 Å². The van der Waals surface area contributed by atoms with E-state index in [4.69, 9.17) is 39.3 Å². The zero-order chi connectivity index (χ0) is 75.5. The molecule has 6 aromatic rings. The molecule has 10 amide bonds. The molecule has 0 spiro atoms. The number of nitrogens with zero attached hydrogens (tertiary/aromatic N) is 3. The number of aliphatic hydroxyl groups is 1. The molecule has 6 aromatic carbocycles. The quantitative estimate of drug-likeness (QED) is 0.0150. The normalized spacial score (nSPS) is 16.3. The molecule has 560 valence electrons. The molecule has 27 nitrogen and oxygen atoms in total. The van der Waals surface area contributed by atoms with E-state index >= 15 is 9.59 Å². The topological polar surface area (TPSA) is 419 Å². The number of hydrogen-bond acceptors (Lipinski definition) is 15. The second-order valence-electron chi connectivity index (χ2n) is 27.1. The molecule has 0 unspecified atom stereocenters. The Morgan fingerprint density at radius 1 is 0.524 bits per heavy atom. The van der Waals surface area contributed by atoms with Crippen LogP contribution in [0.1, 0.15) is 86.3 Å². The van der Waals surface area contributed by atoms with Crippen molar-refractivity contribution in [3.05, 3.63) is 190 Å². The molecule has 2 aliphatic rings. The second-order valence-corrected chi connectivity index (χ2v) is 27.5. The van der Waals surface area contributed by atoms with Gasteiger partial charge in [-0.05, 0) is 108 Å². The summed E-state index contributed by atoms with van der Waals surface area (Å²) in [6.07, 6.45) is 0.602. The highest BCUT2D eigenvalue weighted by molar-refractivity contribution is 6.30. The number of amides is 10. The highest BCUT2D eigenvalue weighted by Gasteiger charge is 2.40. The van der Waals surface area contributed by atoms with Gasteiger partial charge in [-0.2, -0.15) is 0 Å². The molecule has 28 heteroatoms. The zero-order valence-electron chi connectivity index (χ0n) is 59.5. The number of primary amides is 1. The molecule has 2 heterocycles. The molecule has 0 saturated carbocycles. The van der Waals surface area contributed by atoms with Gasteiger partial charge in [-0.3, -0.25) is 57.8 Å². The van der Waals surface area contributed by atoms with Gasteiger partial charge in [0.05, 0.1) is 25.9 Å². The summed E-state index contributed by atoms with van der Waals surface area (Å²) in [6.45, 7) is 7.57. The third-order valence-electron chi connectivity index (χ3n) is 18.4. The molecule has 10 atom stereocenters. The Hall–Kier alpha value is -10.3. The number of carbonyl (C=O) groups is 10. The number of ether oxygens (including phenoxy) is 1. The Morgan fingerprint density at radius 2 is 0.981 bits per heavy atom. The van der Waals surface area contributed by atoms with Crippen molar-refractivity contribution >= 4 is 87.4 Å². The fourth-order valence-electron chi connectivity index (χ4n) is 12.7. The molecule has 2 aliphatic heterocycles. The lowest BCUT2D eigenvalue weighted by molar-refractivity contribution is -0.142. The summed E-state index contributed by atoms with van der Waals surface area (Å²) in [4.78, 5) is 151. The van der Waals surface area contributed by atoms with Crippen molar-refractivity contribution in [2.45, 2.75) is 152 Å². The number of aliphatic imine (C=N–C) groups is 1. The van der Waals surface area contributed by atoms with E-state index in [1.165, 1.54) is 11.8 Å². The number of rotatable bonds is 37. The maximum absolute atomic E-state index is 15.3. The van der Waals surface area contributed by atoms with Gasteiger partial charge in [0.2, 0.25) is 59.1 Å². The molecule has 0 aliphatic carbocycles. The molecular weight excluding hydrogens is 1360 g/mol. The van der Waals surface area contributed by atoms with Crippen LogP contribution in [0.15, 0.2) is 157 Å². The van der Waals surface area contributed by atoms with Crippen molar-refractivity contribution in [3.63, 3.8) is 0 Å². The average molecular weight is 1460 g/mol. The van der Waals surface area contributed by atoms with Gasteiger partial charge in [0.15, 0.2) is 5.96 Å². The van der Waals surface area contributed by atoms with E-state index in [1.807, 2.05) is 68.4 Å². The molecule has 2 saturated heterocycles. The van der Waals surface area contributed by atoms with Crippen molar-refractivity contribution in [2.24, 2.45) is 33.8 Å². The molecule has 17 N–H and O–H groups in total. The molecule has 0 aromatic heterocycles. The fraction of sp³-hybridized carbons (Fsp3) is 0.416. The number of nitrogens with one attached hydrogen (secondary N) is 8. The largest absolute Gasteiger partial charge is 0.394 e. The van der Waals surface area contributed by atoms with Gasteiger partial charge in [0.1, 0.15) is 54.4 Å². The summed E-state index contributed by atoms with van der Waals surface area (Å²) in [5.41, 5.74) is 27.4. The Bertz CT molecular complexity index is 3950. The maximum atomic E-state index is 15.3. The van der Waals surface area contributed by atoms with E-state index in [-0.39, 0.29) is 82.8 Å². The van der Waals surface area contributed by atoms with Gasteiger partial charge in [0.25, 0.3) is 0 Å². The number of hydrogen-bond donors (Lipinski definition) is 13. The van der Waals surface area contributed by atoms with Crippen LogP contribution < -0.4 is 65.5 Å². The number of morpholine rings is 1. The van der Waals surface area contributed by atoms with Crippen LogP contribution in [0.25, 0.3) is 10.8 Å². The van der Waals surface area contributed by atoms with Gasteiger partial charge >= 0.3 is 0 Å². The number of likely N-dealkylation sites (tertiary alicyclic amines) is 1. The van der Waals surface area contributed by atoms with Crippen LogP contribution in [-0.4, -0.2) is 186 Å². The molecule has 0 radical (unpaired) electrons. The van der Waals surface area contributed by atoms with Gasteiger partial charge in [-0.15, -0.1) is 0 Å². The number of halogens is 1. The smallest absolute Gasteiger partial charge is 0.245 e. The van der Waals surface area contributed by atoms with Gasteiger partial charge in [-0.1, -0.05) is 165 Å². The van der Waals surface area contributed by atoms with E-state index in [0.717, 1.165) is 35.0 Å². The summed E-state index contributed by atoms with van der Waals surface area (Å²) in [7, 11) is 0. The Labute approximate surface area is 616 Å². The summed E-state index contributed by atoms with van der Waals surface area (Å²) < 4.78 is 5.55. The van der Waals surface area contributed by atoms with E-state index in [2.05, 4.69) is 52.4 Å². The number of carbonyl (C=O) groups excluding carboxylic acids is 10. The minimum absolute atomic E-state index is 0.00591. The minimum atomic E-state index is -1.75. The summed E-state index contributed by atoms with van der Waals surface area (Å²) in [5, 5.41) is 35.4. The number of benzene rings is 6. The number of aliphatic hydroxyl groups excluding tert-OH is 1. The third-order valence-corrected chi connectivity index (χ3v) is 18.7. The first-order valence-corrected chi connectivity index (χ1v) is 35.9. The van der Waals surface area contributed by atoms with E-state index in [9.17, 15) is 43.5 Å². The molecule has 2 fully saturated rings. The van der Waals surface area contributed by atoms with Gasteiger partial charge in [0, 0.05) is 63.4 Å². The zero-order valence-corrected chi connectivity index (χ0v) is 60.2. The van der Waals surface area contributed by atoms with Crippen molar-refractivity contribution in [2.75, 3.05) is 46.0 Å². The van der Waals surface area contributed by atoms with Crippen LogP contribution >= 0.6 is 11.6 Å². The first-order valence-electron chi connectivity index (χ1n) is 35.5. The summed E-state index contributed by atoms with van der Waals surface area (Å²) in [5.74, 6) is -8.20. The lowest BCUT2D eigenvalue weighted by atomic mass is 9.98. The number of guanidine groups is 1. The molecule has 105 heavy (non-hydrogen) atoms. The van der Waals surface area contributed by atoms with Crippen molar-refractivity contribution in [1.29, 1.82) is 0 Å². The first kappa shape index (κ1) is 80.4. The van der Waals surface area contributed by atoms with E-state index in [1.54, 1.807) is 97.1 Å². The van der Waals surface area contributed by atoms with Crippen LogP contribution in [0.5, 0.6) is 0 Å². The first-order chi connectivity index (χ1) is 50.4. The predicted molar refractivity (Wildman–Crippen MR) is 399 cm³/mol. The minimum Gasteiger partial charge on any atom is -0.394 e. The lowest BCUT2D eigenvalue weighted by Crippen LogP contribution is -2.61. The van der Waals surface area contributed by atoms with Crippen LogP contribution in [0.2, 0.25) is 5.02 Å². The Kier molecular flexibility index (Phi) is 30.7. The van der Waals surface area contributed by atoms with Crippen molar-refractivity contribution in [3.8, 4) is 0 Å². The maximum Gasteiger partial charge on any atom is 0.245 e. The van der Waals surface area contributed by atoms with Crippen molar-refractivity contribution < 1.29 is 57.8 Å². The van der Waals surface area contributed by atoms with E-state index in [0.29, 0.717) is 53.5 Å². The van der Waals surface area contributed by atoms with Gasteiger partial charge in [-0.25, -0.2) is 0 Å². The summed E-state index contributed by atoms with van der Waals surface area (Å²) >= 11 is 6.25. The van der Waals surface area contributed by atoms with Crippen LogP contribution in [0.3, 0.4) is 0 Å². The highest BCUT2D eigenvalue weighted by Crippen LogP contribution is 2.23. The number of fused-ring (bicyclic) bond motifs is 1. The fourth-order valence-corrected chi connectivity index (χ4v) is 12.8. The van der Waals surface area contributed by atoms with E-state index < -0.39 is 126 Å². The Morgan fingerprint density at radius 3 is 1.51 bits per heavy atom. The average Bonchev–Trinajstić information content (AvgIpc) is 1.80. The SMILES string of the molecule is CC(C)C[C@H](NC(=O)[C@@H](Cc1ccccc1)NC(=O)[C@H](Cc1ccc(CN2CCOCC2)cc1)NC(=O)[C@H](CO)NC(=O)[C@@H](Cc1ccccc1)NC(=O)[C@@H](Cc1ccc(Cl)cc1)NC(=O)[C@H](N)Cc1cccc2ccccc12)C(=O)N[C@@H](CCCN=C(N)N)C(=O)N1CCC[C@H]1C(=O)N[C@H](C)C(N)=O. The molecule has 0 bridgehead atoms. The highest BCUT2D eigenvalue weighted by atomic mass is 35.5. The third kappa shape index (κ3) is 24.9.